The van der Waals surface area contributed by atoms with Crippen LogP contribution in [0.4, 0.5) is 0 Å². The van der Waals surface area contributed by atoms with Gasteiger partial charge in [-0.05, 0) is 37.3 Å². The van der Waals surface area contributed by atoms with Crippen molar-refractivity contribution in [2.75, 3.05) is 0 Å². The number of aryl methyl sites for hydroxylation is 1. The maximum absolute atomic E-state index is 12.6. The van der Waals surface area contributed by atoms with Crippen LogP contribution in [0.3, 0.4) is 0 Å². The van der Waals surface area contributed by atoms with E-state index >= 15 is 0 Å². The van der Waals surface area contributed by atoms with E-state index in [1.54, 1.807) is 4.68 Å². The third-order valence-electron chi connectivity index (χ3n) is 4.51. The maximum atomic E-state index is 12.6. The third-order valence-corrected chi connectivity index (χ3v) is 4.51. The second-order valence-corrected chi connectivity index (χ2v) is 6.64. The van der Waals surface area contributed by atoms with Gasteiger partial charge in [-0.1, -0.05) is 30.3 Å². The average molecular weight is 341 g/mol. The molecule has 0 bridgehead atoms. The van der Waals surface area contributed by atoms with Gasteiger partial charge in [-0.2, -0.15) is 5.10 Å². The van der Waals surface area contributed by atoms with Gasteiger partial charge in [-0.3, -0.25) is 14.3 Å². The molecule has 6 nitrogen and oxygen atoms in total. The van der Waals surface area contributed by atoms with Crippen LogP contribution in [0.5, 0.6) is 0 Å². The van der Waals surface area contributed by atoms with Gasteiger partial charge in [0.15, 0.2) is 0 Å². The van der Waals surface area contributed by atoms with Gasteiger partial charge >= 0.3 is 5.97 Å². The molecule has 1 fully saturated rings. The lowest BCUT2D eigenvalue weighted by Gasteiger charge is -2.17. The molecule has 132 valence electrons. The Morgan fingerprint density at radius 1 is 1.32 bits per heavy atom. The first-order chi connectivity index (χ1) is 12.0. The molecule has 1 aromatic carbocycles. The first-order valence-electron chi connectivity index (χ1n) is 8.63. The predicted molar refractivity (Wildman–Crippen MR) is 93.5 cm³/mol. The molecular weight excluding hydrogens is 318 g/mol. The molecule has 3 rings (SSSR count). The normalized spacial score (nSPS) is 14.9. The monoisotopic (exact) mass is 341 g/mol. The zero-order chi connectivity index (χ0) is 17.8. The Morgan fingerprint density at radius 2 is 2.04 bits per heavy atom. The number of hydrogen-bond donors (Lipinski definition) is 2. The van der Waals surface area contributed by atoms with Crippen LogP contribution in [0.15, 0.2) is 36.4 Å². The number of nitrogens with one attached hydrogen (secondary N) is 1. The van der Waals surface area contributed by atoms with Gasteiger partial charge in [-0.15, -0.1) is 0 Å². The number of hydrogen-bond acceptors (Lipinski definition) is 3. The van der Waals surface area contributed by atoms with Crippen molar-refractivity contribution in [3.8, 4) is 0 Å². The molecule has 1 unspecified atom stereocenters. The molecule has 1 atom stereocenters. The maximum Gasteiger partial charge on any atom is 0.303 e. The van der Waals surface area contributed by atoms with E-state index in [4.69, 9.17) is 5.11 Å². The summed E-state index contributed by atoms with van der Waals surface area (Å²) in [7, 11) is 1.86. The molecule has 1 aliphatic rings. The molecule has 0 spiro atoms. The number of benzene rings is 1. The number of aliphatic carboxylic acids is 1. The Kier molecular flexibility index (Phi) is 5.16. The summed E-state index contributed by atoms with van der Waals surface area (Å²) >= 11 is 0. The zero-order valence-corrected chi connectivity index (χ0v) is 14.3. The van der Waals surface area contributed by atoms with Gasteiger partial charge in [0.2, 0.25) is 0 Å². The highest BCUT2D eigenvalue weighted by atomic mass is 16.4. The number of aromatic nitrogens is 2. The smallest absolute Gasteiger partial charge is 0.303 e. The Labute approximate surface area is 146 Å². The van der Waals surface area contributed by atoms with Crippen LogP contribution in [-0.4, -0.2) is 32.8 Å². The summed E-state index contributed by atoms with van der Waals surface area (Å²) in [5, 5.41) is 16.2. The second kappa shape index (κ2) is 7.51. The molecule has 1 aliphatic carbocycles. The van der Waals surface area contributed by atoms with E-state index in [0.29, 0.717) is 24.5 Å². The van der Waals surface area contributed by atoms with Crippen molar-refractivity contribution in [2.45, 2.75) is 44.1 Å². The highest BCUT2D eigenvalue weighted by molar-refractivity contribution is 5.92. The van der Waals surface area contributed by atoms with Crippen LogP contribution in [0.25, 0.3) is 0 Å². The van der Waals surface area contributed by atoms with Crippen molar-refractivity contribution < 1.29 is 14.7 Å². The Bertz CT molecular complexity index is 751. The van der Waals surface area contributed by atoms with Gasteiger partial charge in [0.05, 0.1) is 0 Å². The van der Waals surface area contributed by atoms with Crippen LogP contribution in [-0.2, 0) is 18.3 Å². The van der Waals surface area contributed by atoms with Gasteiger partial charge < -0.3 is 10.4 Å². The minimum absolute atomic E-state index is 0.0212. The predicted octanol–water partition coefficient (Wildman–Crippen LogP) is 2.50. The SMILES string of the molecule is Cn1nc(C(=O)NC(CCC(=O)O)Cc2ccccc2)cc1C1CC1. The Hall–Kier alpha value is -2.63. The van der Waals surface area contributed by atoms with E-state index in [1.165, 1.54) is 0 Å². The molecule has 0 saturated heterocycles. The average Bonchev–Trinajstić information content (AvgIpc) is 3.35. The van der Waals surface area contributed by atoms with Crippen LogP contribution < -0.4 is 5.32 Å². The van der Waals surface area contributed by atoms with Crippen LogP contribution in [0, 0.1) is 0 Å². The number of carboxylic acids is 1. The van der Waals surface area contributed by atoms with Crippen LogP contribution in [0.2, 0.25) is 0 Å². The van der Waals surface area contributed by atoms with E-state index in [0.717, 1.165) is 24.1 Å². The fourth-order valence-corrected chi connectivity index (χ4v) is 3.03. The van der Waals surface area contributed by atoms with Crippen molar-refractivity contribution in [2.24, 2.45) is 7.05 Å². The Balaban J connectivity index is 1.68. The number of nitrogens with zero attached hydrogens (tertiary/aromatic N) is 2. The molecule has 1 aromatic heterocycles. The summed E-state index contributed by atoms with van der Waals surface area (Å²) in [5.41, 5.74) is 2.56. The molecule has 1 saturated carbocycles. The highest BCUT2D eigenvalue weighted by Gasteiger charge is 2.28. The first-order valence-corrected chi connectivity index (χ1v) is 8.63. The molecule has 0 radical (unpaired) electrons. The molecule has 2 N–H and O–H groups in total. The first kappa shape index (κ1) is 17.2. The van der Waals surface area contributed by atoms with Crippen molar-refractivity contribution in [1.82, 2.24) is 15.1 Å². The van der Waals surface area contributed by atoms with E-state index in [-0.39, 0.29) is 18.4 Å². The molecule has 1 amide bonds. The lowest BCUT2D eigenvalue weighted by molar-refractivity contribution is -0.137. The Morgan fingerprint density at radius 3 is 2.68 bits per heavy atom. The molecule has 6 heteroatoms. The quantitative estimate of drug-likeness (QED) is 0.773. The largest absolute Gasteiger partial charge is 0.481 e. The minimum Gasteiger partial charge on any atom is -0.481 e. The topological polar surface area (TPSA) is 84.2 Å². The summed E-state index contributed by atoms with van der Waals surface area (Å²) in [6.45, 7) is 0. The molecule has 25 heavy (non-hydrogen) atoms. The van der Waals surface area contributed by atoms with Crippen molar-refractivity contribution in [3.05, 3.63) is 53.3 Å². The fraction of sp³-hybridized carbons (Fsp3) is 0.421. The highest BCUT2D eigenvalue weighted by Crippen LogP contribution is 2.39. The van der Waals surface area contributed by atoms with E-state index in [2.05, 4.69) is 10.4 Å². The number of carbonyl (C=O) groups is 2. The molecule has 0 aliphatic heterocycles. The van der Waals surface area contributed by atoms with Crippen LogP contribution >= 0.6 is 0 Å². The molecule has 2 aromatic rings. The van der Waals surface area contributed by atoms with Crippen molar-refractivity contribution >= 4 is 11.9 Å². The van der Waals surface area contributed by atoms with Gasteiger partial charge in [-0.25, -0.2) is 0 Å². The fourth-order valence-electron chi connectivity index (χ4n) is 3.03. The lowest BCUT2D eigenvalue weighted by Crippen LogP contribution is -2.37. The third kappa shape index (κ3) is 4.68. The van der Waals surface area contributed by atoms with E-state index in [1.807, 2.05) is 43.4 Å². The summed E-state index contributed by atoms with van der Waals surface area (Å²) in [6, 6.07) is 11.4. The van der Waals surface area contributed by atoms with Gasteiger partial charge in [0.25, 0.3) is 5.91 Å². The van der Waals surface area contributed by atoms with E-state index < -0.39 is 5.97 Å². The zero-order valence-electron chi connectivity index (χ0n) is 14.3. The number of carboxylic acid groups (broad SMARTS) is 1. The summed E-state index contributed by atoms with van der Waals surface area (Å²) in [6.07, 6.45) is 3.31. The van der Waals surface area contributed by atoms with Crippen LogP contribution in [0.1, 0.15) is 53.3 Å². The van der Waals surface area contributed by atoms with Gasteiger partial charge in [0, 0.05) is 31.1 Å². The van der Waals surface area contributed by atoms with E-state index in [9.17, 15) is 9.59 Å². The van der Waals surface area contributed by atoms with Crippen molar-refractivity contribution in [1.29, 1.82) is 0 Å². The molecular formula is C19H23N3O3. The van der Waals surface area contributed by atoms with Crippen molar-refractivity contribution in [3.63, 3.8) is 0 Å². The summed E-state index contributed by atoms with van der Waals surface area (Å²) in [5.74, 6) is -0.582. The van der Waals surface area contributed by atoms with Gasteiger partial charge in [0.1, 0.15) is 5.69 Å². The molecule has 1 heterocycles. The number of amides is 1. The summed E-state index contributed by atoms with van der Waals surface area (Å²) < 4.78 is 1.77. The second-order valence-electron chi connectivity index (χ2n) is 6.64. The standard InChI is InChI=1S/C19H23N3O3/c1-22-17(14-7-8-14)12-16(21-22)19(25)20-15(9-10-18(23)24)11-13-5-3-2-4-6-13/h2-6,12,14-15H,7-11H2,1H3,(H,20,25)(H,23,24). The number of rotatable bonds is 8. The lowest BCUT2D eigenvalue weighted by atomic mass is 10.0. The number of carbonyl (C=O) groups excluding carboxylic acids is 1. The summed E-state index contributed by atoms with van der Waals surface area (Å²) in [4.78, 5) is 23.5. The minimum atomic E-state index is -0.860.